The third-order valence-corrected chi connectivity index (χ3v) is 5.19. The lowest BCUT2D eigenvalue weighted by Gasteiger charge is -2.36. The molecule has 4 heterocycles. The maximum Gasteiger partial charge on any atom is 0.180 e. The molecule has 0 bridgehead atoms. The van der Waals surface area contributed by atoms with Crippen LogP contribution < -0.4 is 9.80 Å². The van der Waals surface area contributed by atoms with Gasteiger partial charge in [0.15, 0.2) is 11.5 Å². The minimum atomic E-state index is 0.891. The predicted molar refractivity (Wildman–Crippen MR) is 96.2 cm³/mol. The second-order valence-electron chi connectivity index (χ2n) is 6.76. The van der Waals surface area contributed by atoms with Gasteiger partial charge < -0.3 is 14.2 Å². The van der Waals surface area contributed by atoms with Crippen LogP contribution in [0, 0.1) is 6.92 Å². The van der Waals surface area contributed by atoms with Gasteiger partial charge in [-0.25, -0.2) is 19.9 Å². The Morgan fingerprint density at radius 2 is 1.56 bits per heavy atom. The molecule has 0 atom stereocenters. The highest BCUT2D eigenvalue weighted by molar-refractivity contribution is 5.64. The Labute approximate surface area is 146 Å². The number of aryl methyl sites for hydroxylation is 2. The molecule has 1 aliphatic carbocycles. The quantitative estimate of drug-likeness (QED) is 0.709. The van der Waals surface area contributed by atoms with E-state index < -0.39 is 0 Å². The van der Waals surface area contributed by atoms with E-state index in [2.05, 4.69) is 24.8 Å². The Morgan fingerprint density at radius 3 is 2.36 bits per heavy atom. The zero-order valence-corrected chi connectivity index (χ0v) is 14.4. The van der Waals surface area contributed by atoms with Crippen LogP contribution in [0.4, 0.5) is 11.6 Å². The van der Waals surface area contributed by atoms with Gasteiger partial charge in [0, 0.05) is 62.2 Å². The van der Waals surface area contributed by atoms with E-state index >= 15 is 0 Å². The molecule has 0 radical (unpaired) electrons. The third kappa shape index (κ3) is 2.42. The van der Waals surface area contributed by atoms with Crippen molar-refractivity contribution in [1.29, 1.82) is 0 Å². The molecule has 1 aliphatic heterocycles. The molecule has 3 aromatic heterocycles. The number of hydrogen-bond acceptors (Lipinski definition) is 6. The van der Waals surface area contributed by atoms with Crippen molar-refractivity contribution >= 4 is 17.3 Å². The van der Waals surface area contributed by atoms with Crippen molar-refractivity contribution in [2.24, 2.45) is 0 Å². The highest BCUT2D eigenvalue weighted by atomic mass is 15.3. The average molecular weight is 335 g/mol. The Balaban J connectivity index is 1.40. The van der Waals surface area contributed by atoms with Gasteiger partial charge >= 0.3 is 0 Å². The Morgan fingerprint density at radius 1 is 0.840 bits per heavy atom. The summed E-state index contributed by atoms with van der Waals surface area (Å²) in [6.07, 6.45) is 11.0. The summed E-state index contributed by atoms with van der Waals surface area (Å²) < 4.78 is 2.02. The molecule has 5 rings (SSSR count). The van der Waals surface area contributed by atoms with Crippen LogP contribution in [0.1, 0.15) is 23.5 Å². The average Bonchev–Trinajstić information content (AvgIpc) is 3.29. The molecule has 0 spiro atoms. The Bertz CT molecular complexity index is 924. The molecule has 7 heteroatoms. The van der Waals surface area contributed by atoms with E-state index in [-0.39, 0.29) is 0 Å². The number of aromatic nitrogens is 5. The van der Waals surface area contributed by atoms with Gasteiger partial charge in [0.25, 0.3) is 0 Å². The molecule has 0 saturated carbocycles. The van der Waals surface area contributed by atoms with Crippen LogP contribution in [0.15, 0.2) is 24.8 Å². The molecule has 128 valence electrons. The fourth-order valence-electron chi connectivity index (χ4n) is 3.99. The largest absolute Gasteiger partial charge is 0.353 e. The number of rotatable bonds is 2. The Kier molecular flexibility index (Phi) is 3.33. The van der Waals surface area contributed by atoms with Crippen molar-refractivity contribution in [1.82, 2.24) is 24.3 Å². The number of nitrogens with zero attached hydrogens (tertiary/aromatic N) is 7. The molecular weight excluding hydrogens is 314 g/mol. The number of piperazine rings is 1. The standard InChI is InChI=1S/C18H21N7/c1-13-21-15-4-2-3-14(15)16(22-13)24-9-11-25(12-10-24)18-17-19-5-7-23(17)8-6-20-18/h5-8H,2-4,9-12H2,1H3. The van der Waals surface area contributed by atoms with Crippen LogP contribution in [0.3, 0.4) is 0 Å². The molecule has 3 aromatic rings. The van der Waals surface area contributed by atoms with E-state index in [4.69, 9.17) is 4.98 Å². The summed E-state index contributed by atoms with van der Waals surface area (Å²) in [5.74, 6) is 3.02. The topological polar surface area (TPSA) is 62.5 Å². The summed E-state index contributed by atoms with van der Waals surface area (Å²) in [6, 6.07) is 0. The second-order valence-corrected chi connectivity index (χ2v) is 6.76. The molecule has 7 nitrogen and oxygen atoms in total. The zero-order chi connectivity index (χ0) is 16.8. The Hall–Kier alpha value is -2.70. The maximum atomic E-state index is 4.77. The van der Waals surface area contributed by atoms with Crippen LogP contribution in [0.25, 0.3) is 5.65 Å². The van der Waals surface area contributed by atoms with Crippen molar-refractivity contribution in [3.63, 3.8) is 0 Å². The number of fused-ring (bicyclic) bond motifs is 2. The van der Waals surface area contributed by atoms with Crippen LogP contribution >= 0.6 is 0 Å². The zero-order valence-electron chi connectivity index (χ0n) is 14.4. The highest BCUT2D eigenvalue weighted by Gasteiger charge is 2.26. The first-order valence-electron chi connectivity index (χ1n) is 8.93. The fraction of sp³-hybridized carbons (Fsp3) is 0.444. The fourth-order valence-corrected chi connectivity index (χ4v) is 3.99. The van der Waals surface area contributed by atoms with E-state index in [0.29, 0.717) is 0 Å². The molecule has 0 unspecified atom stereocenters. The number of hydrogen-bond donors (Lipinski definition) is 0. The van der Waals surface area contributed by atoms with Crippen molar-refractivity contribution in [3.8, 4) is 0 Å². The third-order valence-electron chi connectivity index (χ3n) is 5.19. The monoisotopic (exact) mass is 335 g/mol. The molecule has 1 saturated heterocycles. The first-order valence-corrected chi connectivity index (χ1v) is 8.93. The lowest BCUT2D eigenvalue weighted by molar-refractivity contribution is 0.637. The van der Waals surface area contributed by atoms with Crippen LogP contribution in [0.5, 0.6) is 0 Å². The summed E-state index contributed by atoms with van der Waals surface area (Å²) >= 11 is 0. The highest BCUT2D eigenvalue weighted by Crippen LogP contribution is 2.30. The summed E-state index contributed by atoms with van der Waals surface area (Å²) in [5.41, 5.74) is 3.55. The van der Waals surface area contributed by atoms with Gasteiger partial charge in [-0.2, -0.15) is 0 Å². The minimum absolute atomic E-state index is 0.891. The maximum absolute atomic E-state index is 4.77. The number of anilines is 2. The first kappa shape index (κ1) is 14.6. The van der Waals surface area contributed by atoms with Crippen LogP contribution in [-0.2, 0) is 12.8 Å². The first-order chi connectivity index (χ1) is 12.3. The summed E-state index contributed by atoms with van der Waals surface area (Å²) in [6.45, 7) is 5.76. The van der Waals surface area contributed by atoms with Gasteiger partial charge in [0.2, 0.25) is 0 Å². The van der Waals surface area contributed by atoms with E-state index in [9.17, 15) is 0 Å². The van der Waals surface area contributed by atoms with Gasteiger partial charge in [0.05, 0.1) is 0 Å². The van der Waals surface area contributed by atoms with Crippen LogP contribution in [0.2, 0.25) is 0 Å². The van der Waals surface area contributed by atoms with Crippen LogP contribution in [-0.4, -0.2) is 50.5 Å². The summed E-state index contributed by atoms with van der Waals surface area (Å²) in [5, 5.41) is 0. The molecule has 1 fully saturated rings. The predicted octanol–water partition coefficient (Wildman–Crippen LogP) is 1.64. The van der Waals surface area contributed by atoms with Gasteiger partial charge in [0.1, 0.15) is 11.6 Å². The van der Waals surface area contributed by atoms with Gasteiger partial charge in [-0.15, -0.1) is 0 Å². The van der Waals surface area contributed by atoms with Crippen molar-refractivity contribution in [2.45, 2.75) is 26.2 Å². The molecule has 25 heavy (non-hydrogen) atoms. The lowest BCUT2D eigenvalue weighted by Crippen LogP contribution is -2.47. The van der Waals surface area contributed by atoms with Crippen molar-refractivity contribution in [3.05, 3.63) is 41.9 Å². The summed E-state index contributed by atoms with van der Waals surface area (Å²) in [4.78, 5) is 23.2. The van der Waals surface area contributed by atoms with Crippen molar-refractivity contribution < 1.29 is 0 Å². The van der Waals surface area contributed by atoms with Gasteiger partial charge in [-0.3, -0.25) is 0 Å². The smallest absolute Gasteiger partial charge is 0.180 e. The minimum Gasteiger partial charge on any atom is -0.353 e. The summed E-state index contributed by atoms with van der Waals surface area (Å²) in [7, 11) is 0. The van der Waals surface area contributed by atoms with Crippen molar-refractivity contribution in [2.75, 3.05) is 36.0 Å². The van der Waals surface area contributed by atoms with E-state index in [0.717, 1.165) is 62.1 Å². The molecule has 2 aliphatic rings. The number of imidazole rings is 1. The molecular formula is C18H21N7. The van der Waals surface area contributed by atoms with E-state index in [1.165, 1.54) is 17.7 Å². The molecule has 0 N–H and O–H groups in total. The normalized spacial score (nSPS) is 17.3. The SMILES string of the molecule is Cc1nc2c(c(N3CCN(c4nccn5ccnc45)CC3)n1)CCC2. The van der Waals surface area contributed by atoms with Gasteiger partial charge in [-0.05, 0) is 26.2 Å². The molecule has 0 amide bonds. The van der Waals surface area contributed by atoms with Gasteiger partial charge in [-0.1, -0.05) is 0 Å². The lowest BCUT2D eigenvalue weighted by atomic mass is 10.2. The second kappa shape index (κ2) is 5.68. The van der Waals surface area contributed by atoms with E-state index in [1.807, 2.05) is 36.1 Å². The van der Waals surface area contributed by atoms with E-state index in [1.54, 1.807) is 0 Å². The molecule has 0 aromatic carbocycles.